The van der Waals surface area contributed by atoms with Gasteiger partial charge in [0.2, 0.25) is 0 Å². The highest BCUT2D eigenvalue weighted by Crippen LogP contribution is 2.28. The molecule has 0 aromatic heterocycles. The number of hydrogen-bond acceptors (Lipinski definition) is 2. The van der Waals surface area contributed by atoms with E-state index >= 15 is 0 Å². The summed E-state index contributed by atoms with van der Waals surface area (Å²) >= 11 is 1.71. The Balaban J connectivity index is 2.84. The predicted octanol–water partition coefficient (Wildman–Crippen LogP) is 3.97. The minimum Gasteiger partial charge on any atom is -0.271 e. The summed E-state index contributed by atoms with van der Waals surface area (Å²) in [6, 6.07) is 6.43. The molecule has 0 spiro atoms. The standard InChI is InChI=1S/C12H14FNS/c1-3-8-15-12(9-14-2)10-4-6-11(13)7-5-10/h4-7,9H,2-3,8H2,1H3/b12-9-. The number of nitrogens with zero attached hydrogens (tertiary/aromatic N) is 1. The molecule has 1 aromatic carbocycles. The van der Waals surface area contributed by atoms with Gasteiger partial charge in [0, 0.05) is 11.1 Å². The predicted molar refractivity (Wildman–Crippen MR) is 66.7 cm³/mol. The first kappa shape index (κ1) is 12.0. The lowest BCUT2D eigenvalue weighted by Gasteiger charge is -2.05. The van der Waals surface area contributed by atoms with Crippen LogP contribution in [0.25, 0.3) is 4.91 Å². The van der Waals surface area contributed by atoms with E-state index in [1.165, 1.54) is 12.1 Å². The van der Waals surface area contributed by atoms with Crippen LogP contribution in [0.2, 0.25) is 0 Å². The quantitative estimate of drug-likeness (QED) is 0.688. The van der Waals surface area contributed by atoms with Crippen LogP contribution in [0.15, 0.2) is 35.5 Å². The summed E-state index contributed by atoms with van der Waals surface area (Å²) < 4.78 is 12.7. The summed E-state index contributed by atoms with van der Waals surface area (Å²) in [5.74, 6) is 0.809. The van der Waals surface area contributed by atoms with Gasteiger partial charge in [0.25, 0.3) is 0 Å². The number of hydrogen-bond donors (Lipinski definition) is 0. The molecule has 1 nitrogen and oxygen atoms in total. The monoisotopic (exact) mass is 223 g/mol. The zero-order valence-corrected chi connectivity index (χ0v) is 9.56. The zero-order valence-electron chi connectivity index (χ0n) is 8.74. The van der Waals surface area contributed by atoms with Gasteiger partial charge in [-0.1, -0.05) is 19.1 Å². The normalized spacial score (nSPS) is 11.5. The molecule has 3 heteroatoms. The van der Waals surface area contributed by atoms with Crippen molar-refractivity contribution in [3.8, 4) is 0 Å². The molecule has 80 valence electrons. The van der Waals surface area contributed by atoms with Crippen LogP contribution in [-0.2, 0) is 0 Å². The van der Waals surface area contributed by atoms with E-state index in [0.717, 1.165) is 22.6 Å². The molecule has 0 amide bonds. The zero-order chi connectivity index (χ0) is 11.1. The third-order valence-electron chi connectivity index (χ3n) is 1.80. The van der Waals surface area contributed by atoms with Crippen molar-refractivity contribution in [2.24, 2.45) is 4.99 Å². The average molecular weight is 223 g/mol. The second-order valence-corrected chi connectivity index (χ2v) is 4.17. The fraction of sp³-hybridized carbons (Fsp3) is 0.250. The molecule has 15 heavy (non-hydrogen) atoms. The lowest BCUT2D eigenvalue weighted by atomic mass is 10.2. The van der Waals surface area contributed by atoms with Gasteiger partial charge in [0.15, 0.2) is 0 Å². The molecule has 0 aliphatic rings. The molecule has 0 bridgehead atoms. The minimum absolute atomic E-state index is 0.217. The van der Waals surface area contributed by atoms with Gasteiger partial charge in [-0.05, 0) is 36.6 Å². The maximum absolute atomic E-state index is 12.7. The van der Waals surface area contributed by atoms with Crippen molar-refractivity contribution in [3.63, 3.8) is 0 Å². The van der Waals surface area contributed by atoms with Crippen LogP contribution in [-0.4, -0.2) is 12.5 Å². The highest BCUT2D eigenvalue weighted by molar-refractivity contribution is 8.08. The first-order valence-electron chi connectivity index (χ1n) is 4.82. The van der Waals surface area contributed by atoms with Gasteiger partial charge >= 0.3 is 0 Å². The first-order valence-corrected chi connectivity index (χ1v) is 5.81. The van der Waals surface area contributed by atoms with Gasteiger partial charge in [-0.25, -0.2) is 4.39 Å². The van der Waals surface area contributed by atoms with Crippen molar-refractivity contribution in [2.45, 2.75) is 13.3 Å². The Kier molecular flexibility index (Phi) is 5.12. The molecule has 0 radical (unpaired) electrons. The second kappa shape index (κ2) is 6.40. The Labute approximate surface area is 94.1 Å². The van der Waals surface area contributed by atoms with Crippen molar-refractivity contribution in [1.29, 1.82) is 0 Å². The Morgan fingerprint density at radius 3 is 2.67 bits per heavy atom. The van der Waals surface area contributed by atoms with Crippen LogP contribution in [0, 0.1) is 5.82 Å². The summed E-state index contributed by atoms with van der Waals surface area (Å²) in [6.45, 7) is 5.56. The molecule has 0 fully saturated rings. The van der Waals surface area contributed by atoms with E-state index in [0.29, 0.717) is 0 Å². The van der Waals surface area contributed by atoms with Crippen LogP contribution in [0.3, 0.4) is 0 Å². The van der Waals surface area contributed by atoms with E-state index < -0.39 is 0 Å². The molecular formula is C12H14FNS. The summed E-state index contributed by atoms with van der Waals surface area (Å²) in [5.41, 5.74) is 0.988. The summed E-state index contributed by atoms with van der Waals surface area (Å²) in [4.78, 5) is 4.80. The van der Waals surface area contributed by atoms with E-state index in [1.807, 2.05) is 0 Å². The largest absolute Gasteiger partial charge is 0.271 e. The lowest BCUT2D eigenvalue weighted by Crippen LogP contribution is -1.83. The molecule has 0 aliphatic carbocycles. The van der Waals surface area contributed by atoms with Crippen molar-refractivity contribution in [2.75, 3.05) is 5.75 Å². The summed E-state index contributed by atoms with van der Waals surface area (Å²) in [6.07, 6.45) is 2.81. The Morgan fingerprint density at radius 1 is 1.47 bits per heavy atom. The third-order valence-corrected chi connectivity index (χ3v) is 3.06. The van der Waals surface area contributed by atoms with Gasteiger partial charge in [-0.2, -0.15) is 0 Å². The third kappa shape index (κ3) is 3.88. The summed E-state index contributed by atoms with van der Waals surface area (Å²) in [5, 5.41) is 0. The van der Waals surface area contributed by atoms with Crippen molar-refractivity contribution in [1.82, 2.24) is 0 Å². The number of benzene rings is 1. The second-order valence-electron chi connectivity index (χ2n) is 3.03. The number of halogens is 1. The molecule has 0 atom stereocenters. The maximum atomic E-state index is 12.7. The molecular weight excluding hydrogens is 209 g/mol. The van der Waals surface area contributed by atoms with Gasteiger partial charge in [0.1, 0.15) is 5.82 Å². The molecule has 1 aromatic rings. The smallest absolute Gasteiger partial charge is 0.123 e. The molecule has 1 rings (SSSR count). The van der Waals surface area contributed by atoms with Crippen molar-refractivity contribution >= 4 is 23.4 Å². The first-order chi connectivity index (χ1) is 7.27. The van der Waals surface area contributed by atoms with E-state index in [4.69, 9.17) is 0 Å². The van der Waals surface area contributed by atoms with Crippen LogP contribution in [0.4, 0.5) is 4.39 Å². The lowest BCUT2D eigenvalue weighted by molar-refractivity contribution is 0.627. The van der Waals surface area contributed by atoms with Crippen molar-refractivity contribution in [3.05, 3.63) is 41.8 Å². The highest BCUT2D eigenvalue weighted by atomic mass is 32.2. The molecule has 0 saturated heterocycles. The van der Waals surface area contributed by atoms with Gasteiger partial charge in [-0.15, -0.1) is 11.8 Å². The fourth-order valence-electron chi connectivity index (χ4n) is 1.10. The molecule has 0 unspecified atom stereocenters. The van der Waals surface area contributed by atoms with Gasteiger partial charge in [-0.3, -0.25) is 4.99 Å². The number of thioether (sulfide) groups is 1. The van der Waals surface area contributed by atoms with Gasteiger partial charge in [0.05, 0.1) is 0 Å². The maximum Gasteiger partial charge on any atom is 0.123 e. The number of aliphatic imine (C=N–C) groups is 1. The van der Waals surface area contributed by atoms with E-state index in [1.54, 1.807) is 30.1 Å². The van der Waals surface area contributed by atoms with E-state index in [-0.39, 0.29) is 5.82 Å². The van der Waals surface area contributed by atoms with Crippen LogP contribution >= 0.6 is 11.8 Å². The molecule has 0 aliphatic heterocycles. The number of rotatable bonds is 5. The van der Waals surface area contributed by atoms with Gasteiger partial charge < -0.3 is 0 Å². The molecule has 0 heterocycles. The molecule has 0 N–H and O–H groups in total. The minimum atomic E-state index is -0.217. The summed E-state index contributed by atoms with van der Waals surface area (Å²) in [7, 11) is 0. The Hall–Kier alpha value is -1.09. The van der Waals surface area contributed by atoms with Crippen molar-refractivity contribution < 1.29 is 4.39 Å². The highest BCUT2D eigenvalue weighted by Gasteiger charge is 2.01. The topological polar surface area (TPSA) is 12.4 Å². The Bertz CT molecular complexity index is 343. The Morgan fingerprint density at radius 2 is 2.13 bits per heavy atom. The molecule has 0 saturated carbocycles. The van der Waals surface area contributed by atoms with E-state index in [2.05, 4.69) is 18.6 Å². The van der Waals surface area contributed by atoms with Crippen LogP contribution < -0.4 is 0 Å². The van der Waals surface area contributed by atoms with Crippen LogP contribution in [0.1, 0.15) is 18.9 Å². The SMILES string of the molecule is C=N/C=C(\SCCC)c1ccc(F)cc1. The fourth-order valence-corrected chi connectivity index (χ4v) is 1.98. The average Bonchev–Trinajstić information content (AvgIpc) is 2.25. The van der Waals surface area contributed by atoms with Crippen LogP contribution in [0.5, 0.6) is 0 Å². The van der Waals surface area contributed by atoms with E-state index in [9.17, 15) is 4.39 Å².